The Bertz CT molecular complexity index is 723. The fourth-order valence-corrected chi connectivity index (χ4v) is 2.82. The zero-order chi connectivity index (χ0) is 18.2. The lowest BCUT2D eigenvalue weighted by Crippen LogP contribution is -2.37. The molecule has 27 heavy (non-hydrogen) atoms. The summed E-state index contributed by atoms with van der Waals surface area (Å²) in [6.07, 6.45) is 0. The lowest BCUT2D eigenvalue weighted by atomic mass is 10.2. The zero-order valence-corrected chi connectivity index (χ0v) is 18.4. The number of benzene rings is 2. The van der Waals surface area contributed by atoms with Gasteiger partial charge in [-0.2, -0.15) is 0 Å². The van der Waals surface area contributed by atoms with Gasteiger partial charge in [-0.25, -0.2) is 0 Å². The number of hydrogen-bond acceptors (Lipinski definition) is 5. The molecule has 1 heterocycles. The maximum Gasteiger partial charge on any atom is 0.194 e. The number of hydrogen-bond donors (Lipinski definition) is 1. The summed E-state index contributed by atoms with van der Waals surface area (Å²) in [5.74, 6) is 2.62. The third-order valence-corrected chi connectivity index (χ3v) is 4.37. The average molecular weight is 502 g/mol. The second-order valence-corrected chi connectivity index (χ2v) is 6.37. The van der Waals surface area contributed by atoms with Gasteiger partial charge in [0.1, 0.15) is 24.7 Å². The van der Waals surface area contributed by atoms with E-state index in [9.17, 15) is 0 Å². The van der Waals surface area contributed by atoms with Gasteiger partial charge in [-0.15, -0.1) is 24.0 Å². The van der Waals surface area contributed by atoms with E-state index < -0.39 is 0 Å². The topological polar surface area (TPSA) is 46.1 Å². The summed E-state index contributed by atoms with van der Waals surface area (Å²) in [6, 6.07) is 15.4. The van der Waals surface area contributed by atoms with Gasteiger partial charge < -0.3 is 19.7 Å². The van der Waals surface area contributed by atoms with Crippen LogP contribution in [-0.2, 0) is 6.54 Å². The molecule has 0 spiro atoms. The number of halogens is 2. The number of likely N-dealkylation sites (N-methyl/N-ethyl adjacent to an activating group) is 1. The summed E-state index contributed by atoms with van der Waals surface area (Å²) in [5.41, 5.74) is 1.19. The number of aliphatic imine (C=N–C) groups is 1. The highest BCUT2D eigenvalue weighted by molar-refractivity contribution is 14.0. The molecule has 0 saturated heterocycles. The molecule has 2 aromatic rings. The Hall–Kier alpha value is -1.67. The van der Waals surface area contributed by atoms with Crippen LogP contribution in [0, 0.1) is 0 Å². The predicted molar refractivity (Wildman–Crippen MR) is 121 cm³/mol. The molecule has 3 rings (SSSR count). The van der Waals surface area contributed by atoms with Crippen LogP contribution >= 0.6 is 35.6 Å². The van der Waals surface area contributed by atoms with Gasteiger partial charge in [-0.3, -0.25) is 4.99 Å². The number of guanidine groups is 1. The summed E-state index contributed by atoms with van der Waals surface area (Å²) in [4.78, 5) is 6.73. The van der Waals surface area contributed by atoms with Gasteiger partial charge in [0.25, 0.3) is 0 Å². The van der Waals surface area contributed by atoms with Crippen LogP contribution in [0.1, 0.15) is 12.5 Å². The Labute approximate surface area is 182 Å². The molecule has 0 amide bonds. The van der Waals surface area contributed by atoms with Gasteiger partial charge >= 0.3 is 0 Å². The van der Waals surface area contributed by atoms with Crippen molar-refractivity contribution in [3.05, 3.63) is 59.1 Å². The van der Waals surface area contributed by atoms with Gasteiger partial charge in [-0.1, -0.05) is 23.7 Å². The van der Waals surface area contributed by atoms with Crippen LogP contribution in [0.4, 0.5) is 0 Å². The SMILES string of the molecule is CCN1CCN=C1NCc1ccc(OCCOc2ccc(Cl)cc2)cc1.I. The molecule has 1 aliphatic heterocycles. The van der Waals surface area contributed by atoms with Crippen molar-refractivity contribution in [2.24, 2.45) is 4.99 Å². The van der Waals surface area contributed by atoms with Crippen LogP contribution in [0.2, 0.25) is 5.02 Å². The number of nitrogens with zero attached hydrogens (tertiary/aromatic N) is 2. The Morgan fingerprint density at radius 3 is 2.19 bits per heavy atom. The van der Waals surface area contributed by atoms with Crippen molar-refractivity contribution in [3.8, 4) is 11.5 Å². The largest absolute Gasteiger partial charge is 0.490 e. The van der Waals surface area contributed by atoms with E-state index in [2.05, 4.69) is 34.3 Å². The van der Waals surface area contributed by atoms with Crippen molar-refractivity contribution >= 4 is 41.5 Å². The van der Waals surface area contributed by atoms with Gasteiger partial charge in [0.2, 0.25) is 0 Å². The van der Waals surface area contributed by atoms with Crippen LogP contribution in [0.5, 0.6) is 11.5 Å². The molecule has 0 aliphatic carbocycles. The first-order valence-electron chi connectivity index (χ1n) is 8.88. The molecule has 0 aromatic heterocycles. The van der Waals surface area contributed by atoms with E-state index in [0.29, 0.717) is 18.2 Å². The minimum absolute atomic E-state index is 0. The smallest absolute Gasteiger partial charge is 0.194 e. The minimum atomic E-state index is 0. The maximum absolute atomic E-state index is 5.85. The highest BCUT2D eigenvalue weighted by Gasteiger charge is 2.13. The van der Waals surface area contributed by atoms with Crippen molar-refractivity contribution in [1.82, 2.24) is 10.2 Å². The monoisotopic (exact) mass is 501 g/mol. The molecule has 0 fully saturated rings. The second kappa shape index (κ2) is 11.2. The van der Waals surface area contributed by atoms with Gasteiger partial charge in [-0.05, 0) is 48.9 Å². The van der Waals surface area contributed by atoms with E-state index in [-0.39, 0.29) is 24.0 Å². The molecule has 1 aliphatic rings. The summed E-state index contributed by atoms with van der Waals surface area (Å²) < 4.78 is 11.3. The lowest BCUT2D eigenvalue weighted by Gasteiger charge is -2.18. The van der Waals surface area contributed by atoms with Crippen molar-refractivity contribution in [2.75, 3.05) is 32.8 Å². The third kappa shape index (κ3) is 6.77. The van der Waals surface area contributed by atoms with Crippen LogP contribution < -0.4 is 14.8 Å². The quantitative estimate of drug-likeness (QED) is 0.435. The Morgan fingerprint density at radius 2 is 1.59 bits per heavy atom. The van der Waals surface area contributed by atoms with E-state index in [4.69, 9.17) is 21.1 Å². The molecular formula is C20H25ClIN3O2. The first-order chi connectivity index (χ1) is 12.7. The van der Waals surface area contributed by atoms with E-state index in [1.54, 1.807) is 12.1 Å². The fraction of sp³-hybridized carbons (Fsp3) is 0.350. The van der Waals surface area contributed by atoms with Crippen molar-refractivity contribution in [3.63, 3.8) is 0 Å². The highest BCUT2D eigenvalue weighted by atomic mass is 127. The summed E-state index contributed by atoms with van der Waals surface area (Å²) in [6.45, 7) is 6.74. The summed E-state index contributed by atoms with van der Waals surface area (Å²) in [5, 5.41) is 4.10. The molecule has 0 atom stereocenters. The molecular weight excluding hydrogens is 477 g/mol. The number of ether oxygens (including phenoxy) is 2. The number of nitrogens with one attached hydrogen (secondary N) is 1. The minimum Gasteiger partial charge on any atom is -0.490 e. The molecule has 7 heteroatoms. The molecule has 5 nitrogen and oxygen atoms in total. The van der Waals surface area contributed by atoms with Crippen LogP contribution in [0.3, 0.4) is 0 Å². The second-order valence-electron chi connectivity index (χ2n) is 5.93. The zero-order valence-electron chi connectivity index (χ0n) is 15.4. The van der Waals surface area contributed by atoms with Crippen molar-refractivity contribution in [1.29, 1.82) is 0 Å². The van der Waals surface area contributed by atoms with Gasteiger partial charge in [0, 0.05) is 24.7 Å². The standard InChI is InChI=1S/C20H24ClN3O2.HI/c1-2-24-12-11-22-20(24)23-15-16-3-7-18(8-4-16)25-13-14-26-19-9-5-17(21)6-10-19;/h3-10H,2,11-15H2,1H3,(H,22,23);1H. The van der Waals surface area contributed by atoms with E-state index in [0.717, 1.165) is 43.6 Å². The summed E-state index contributed by atoms with van der Waals surface area (Å²) in [7, 11) is 0. The molecule has 0 bridgehead atoms. The Kier molecular flexibility index (Phi) is 9.00. The van der Waals surface area contributed by atoms with E-state index in [1.807, 2.05) is 24.3 Å². The Morgan fingerprint density at radius 1 is 1.00 bits per heavy atom. The van der Waals surface area contributed by atoms with E-state index in [1.165, 1.54) is 5.56 Å². The van der Waals surface area contributed by atoms with E-state index >= 15 is 0 Å². The van der Waals surface area contributed by atoms with Gasteiger partial charge in [0.15, 0.2) is 5.96 Å². The normalized spacial score (nSPS) is 13.0. The Balaban J connectivity index is 0.00000261. The fourth-order valence-electron chi connectivity index (χ4n) is 2.69. The van der Waals surface area contributed by atoms with Gasteiger partial charge in [0.05, 0.1) is 6.54 Å². The van der Waals surface area contributed by atoms with Crippen LogP contribution in [0.25, 0.3) is 0 Å². The maximum atomic E-state index is 5.85. The molecule has 0 saturated carbocycles. The first-order valence-corrected chi connectivity index (χ1v) is 9.26. The molecule has 2 aromatic carbocycles. The van der Waals surface area contributed by atoms with Crippen molar-refractivity contribution < 1.29 is 9.47 Å². The predicted octanol–water partition coefficient (Wildman–Crippen LogP) is 4.20. The lowest BCUT2D eigenvalue weighted by molar-refractivity contribution is 0.217. The van der Waals surface area contributed by atoms with Crippen LogP contribution in [-0.4, -0.2) is 43.7 Å². The molecule has 1 N–H and O–H groups in total. The first kappa shape index (κ1) is 21.6. The van der Waals surface area contributed by atoms with Crippen molar-refractivity contribution in [2.45, 2.75) is 13.5 Å². The third-order valence-electron chi connectivity index (χ3n) is 4.12. The molecule has 0 unspecified atom stereocenters. The van der Waals surface area contributed by atoms with Crippen LogP contribution in [0.15, 0.2) is 53.5 Å². The highest BCUT2D eigenvalue weighted by Crippen LogP contribution is 2.16. The summed E-state index contributed by atoms with van der Waals surface area (Å²) >= 11 is 5.85. The average Bonchev–Trinajstić information content (AvgIpc) is 3.13. The molecule has 0 radical (unpaired) electrons. The molecule has 146 valence electrons. The number of rotatable bonds is 8.